The van der Waals surface area contributed by atoms with E-state index < -0.39 is 70.4 Å². The largest absolute Gasteiger partial charge is 0.460 e. The summed E-state index contributed by atoms with van der Waals surface area (Å²) >= 11 is 0.841. The number of carbonyl (C=O) groups is 1. The summed E-state index contributed by atoms with van der Waals surface area (Å²) in [5.74, 6) is -57.2. The van der Waals surface area contributed by atoms with Crippen LogP contribution in [0.5, 0.6) is 0 Å². The standard InChI is InChI=1S/C19H21F17INO/c1-2-3-4-5-6-7-11(39)38-9-10(37)8-12(20,21)13(22,23)14(24,25)15(26,27)16(28,29)17(30,31)18(32,33)19(34,35)36/h10H,2-9H2,1H3,(H,38,39). The Labute approximate surface area is 223 Å². The van der Waals surface area contributed by atoms with E-state index in [9.17, 15) is 79.4 Å². The summed E-state index contributed by atoms with van der Waals surface area (Å²) in [7, 11) is 0. The summed E-state index contributed by atoms with van der Waals surface area (Å²) in [6.45, 7) is 0.908. The maximum Gasteiger partial charge on any atom is 0.460 e. The zero-order valence-corrected chi connectivity index (χ0v) is 21.6. The third-order valence-corrected chi connectivity index (χ3v) is 6.17. The van der Waals surface area contributed by atoms with Crippen molar-refractivity contribution in [3.63, 3.8) is 0 Å². The lowest BCUT2D eigenvalue weighted by molar-refractivity contribution is -0.461. The van der Waals surface area contributed by atoms with E-state index in [1.807, 2.05) is 12.2 Å². The molecule has 0 aromatic heterocycles. The SMILES string of the molecule is CCCCCCCC(=O)NCC(I)CC(F)(F)C(F)(F)C(F)(F)C(F)(F)C(F)(F)C(F)(F)C(F)(F)C(F)(F)F. The molecule has 0 rings (SSSR count). The first kappa shape index (κ1) is 38.0. The van der Waals surface area contributed by atoms with Gasteiger partial charge < -0.3 is 5.32 Å². The van der Waals surface area contributed by atoms with Crippen molar-refractivity contribution in [3.8, 4) is 0 Å². The van der Waals surface area contributed by atoms with Crippen molar-refractivity contribution >= 4 is 28.5 Å². The summed E-state index contributed by atoms with van der Waals surface area (Å²) in [4.78, 5) is 11.6. The number of alkyl halides is 18. The monoisotopic (exact) mass is 729 g/mol. The predicted molar refractivity (Wildman–Crippen MR) is 109 cm³/mol. The van der Waals surface area contributed by atoms with Gasteiger partial charge in [0.1, 0.15) is 0 Å². The van der Waals surface area contributed by atoms with Crippen molar-refractivity contribution in [1.29, 1.82) is 0 Å². The molecule has 1 atom stereocenters. The Morgan fingerprint density at radius 2 is 1.00 bits per heavy atom. The van der Waals surface area contributed by atoms with Crippen LogP contribution in [0.3, 0.4) is 0 Å². The molecule has 0 spiro atoms. The molecule has 1 N–H and O–H groups in total. The molecule has 39 heavy (non-hydrogen) atoms. The smallest absolute Gasteiger partial charge is 0.355 e. The van der Waals surface area contributed by atoms with Crippen LogP contribution in [0, 0.1) is 0 Å². The van der Waals surface area contributed by atoms with Gasteiger partial charge in [-0.15, -0.1) is 0 Å². The molecule has 2 nitrogen and oxygen atoms in total. The highest BCUT2D eigenvalue weighted by atomic mass is 127. The highest BCUT2D eigenvalue weighted by molar-refractivity contribution is 14.1. The van der Waals surface area contributed by atoms with Crippen molar-refractivity contribution in [3.05, 3.63) is 0 Å². The summed E-state index contributed by atoms with van der Waals surface area (Å²) in [6.07, 6.45) is -7.25. The van der Waals surface area contributed by atoms with Gasteiger partial charge in [-0.3, -0.25) is 4.79 Å². The molecule has 1 unspecified atom stereocenters. The second-order valence-corrected chi connectivity index (χ2v) is 10.2. The van der Waals surface area contributed by atoms with Gasteiger partial charge in [0.25, 0.3) is 0 Å². The van der Waals surface area contributed by atoms with Gasteiger partial charge in [0.2, 0.25) is 5.91 Å². The van der Waals surface area contributed by atoms with Crippen molar-refractivity contribution < 1.29 is 79.4 Å². The predicted octanol–water partition coefficient (Wildman–Crippen LogP) is 8.67. The number of halogens is 18. The molecular weight excluding hydrogens is 708 g/mol. The number of nitrogens with one attached hydrogen (secondary N) is 1. The zero-order chi connectivity index (χ0) is 31.5. The Balaban J connectivity index is 5.85. The Kier molecular flexibility index (Phi) is 12.2. The number of amides is 1. The maximum atomic E-state index is 14.0. The van der Waals surface area contributed by atoms with Gasteiger partial charge in [-0.25, -0.2) is 0 Å². The minimum absolute atomic E-state index is 0.185. The highest BCUT2D eigenvalue weighted by Crippen LogP contribution is 2.64. The van der Waals surface area contributed by atoms with Gasteiger partial charge in [0.15, 0.2) is 0 Å². The van der Waals surface area contributed by atoms with Crippen molar-refractivity contribution in [2.45, 2.75) is 103 Å². The Morgan fingerprint density at radius 3 is 1.41 bits per heavy atom. The number of carbonyl (C=O) groups excluding carboxylic acids is 1. The summed E-state index contributed by atoms with van der Waals surface area (Å²) < 4.78 is 224. The van der Waals surface area contributed by atoms with E-state index in [2.05, 4.69) is 0 Å². The molecule has 1 amide bonds. The zero-order valence-electron chi connectivity index (χ0n) is 19.4. The van der Waals surface area contributed by atoms with Crippen LogP contribution in [0.1, 0.15) is 51.9 Å². The Morgan fingerprint density at radius 1 is 0.615 bits per heavy atom. The molecule has 0 radical (unpaired) electrons. The lowest BCUT2D eigenvalue weighted by Crippen LogP contribution is -2.74. The molecule has 0 saturated heterocycles. The van der Waals surface area contributed by atoms with E-state index >= 15 is 0 Å². The highest BCUT2D eigenvalue weighted by Gasteiger charge is 2.95. The van der Waals surface area contributed by atoms with Crippen LogP contribution in [-0.2, 0) is 4.79 Å². The average molecular weight is 729 g/mol. The molecule has 0 aromatic carbocycles. The lowest BCUT2D eigenvalue weighted by Gasteiger charge is -2.43. The molecular formula is C19H21F17INO. The fraction of sp³-hybridized carbons (Fsp3) is 0.947. The van der Waals surface area contributed by atoms with Crippen molar-refractivity contribution in [1.82, 2.24) is 5.32 Å². The fourth-order valence-electron chi connectivity index (χ4n) is 2.88. The molecule has 0 aliphatic rings. The van der Waals surface area contributed by atoms with Crippen LogP contribution in [0.4, 0.5) is 74.6 Å². The van der Waals surface area contributed by atoms with Gasteiger partial charge >= 0.3 is 47.6 Å². The Hall–Kier alpha value is -0.990. The van der Waals surface area contributed by atoms with Crippen LogP contribution in [0.2, 0.25) is 0 Å². The van der Waals surface area contributed by atoms with E-state index in [1.165, 1.54) is 0 Å². The molecule has 0 aromatic rings. The molecule has 20 heteroatoms. The normalized spacial score (nSPS) is 15.9. The Bertz CT molecular complexity index is 812. The van der Waals surface area contributed by atoms with E-state index in [0.29, 0.717) is 12.8 Å². The second kappa shape index (κ2) is 12.5. The van der Waals surface area contributed by atoms with Crippen LogP contribution in [-0.4, -0.2) is 64.0 Å². The van der Waals surface area contributed by atoms with Crippen LogP contribution in [0.25, 0.3) is 0 Å². The summed E-state index contributed by atoms with van der Waals surface area (Å²) in [6, 6.07) is 0. The minimum Gasteiger partial charge on any atom is -0.355 e. The van der Waals surface area contributed by atoms with Crippen LogP contribution < -0.4 is 5.32 Å². The quantitative estimate of drug-likeness (QED) is 0.0734. The maximum absolute atomic E-state index is 14.0. The first-order valence-electron chi connectivity index (χ1n) is 10.7. The topological polar surface area (TPSA) is 29.1 Å². The van der Waals surface area contributed by atoms with Crippen molar-refractivity contribution in [2.75, 3.05) is 6.54 Å². The number of unbranched alkanes of at least 4 members (excludes halogenated alkanes) is 4. The van der Waals surface area contributed by atoms with Crippen molar-refractivity contribution in [2.24, 2.45) is 0 Å². The van der Waals surface area contributed by atoms with E-state index in [-0.39, 0.29) is 6.42 Å². The van der Waals surface area contributed by atoms with E-state index in [1.54, 1.807) is 0 Å². The average Bonchev–Trinajstić information content (AvgIpc) is 2.75. The van der Waals surface area contributed by atoms with Gasteiger partial charge in [-0.1, -0.05) is 55.2 Å². The number of rotatable bonds is 16. The number of hydrogen-bond acceptors (Lipinski definition) is 1. The van der Waals surface area contributed by atoms with Gasteiger partial charge in [0.05, 0.1) is 0 Å². The second-order valence-electron chi connectivity index (χ2n) is 8.42. The molecule has 0 saturated carbocycles. The number of hydrogen-bond donors (Lipinski definition) is 1. The third kappa shape index (κ3) is 7.27. The lowest BCUT2D eigenvalue weighted by atomic mass is 9.88. The van der Waals surface area contributed by atoms with Crippen LogP contribution >= 0.6 is 22.6 Å². The van der Waals surface area contributed by atoms with Gasteiger partial charge in [0, 0.05) is 23.3 Å². The molecule has 0 aliphatic heterocycles. The molecule has 234 valence electrons. The summed E-state index contributed by atoms with van der Waals surface area (Å²) in [5, 5.41) is 1.92. The first-order valence-corrected chi connectivity index (χ1v) is 12.0. The van der Waals surface area contributed by atoms with Gasteiger partial charge in [-0.05, 0) is 6.42 Å². The first-order chi connectivity index (χ1) is 17.1. The molecule has 0 aliphatic carbocycles. The van der Waals surface area contributed by atoms with Crippen LogP contribution in [0.15, 0.2) is 0 Å². The minimum atomic E-state index is -8.64. The summed E-state index contributed by atoms with van der Waals surface area (Å²) in [5.41, 5.74) is 0. The molecule has 0 bridgehead atoms. The van der Waals surface area contributed by atoms with Gasteiger partial charge in [-0.2, -0.15) is 74.6 Å². The van der Waals surface area contributed by atoms with E-state index in [0.717, 1.165) is 41.9 Å². The fourth-order valence-corrected chi connectivity index (χ4v) is 3.65. The molecule has 0 heterocycles. The third-order valence-electron chi connectivity index (χ3n) is 5.29. The van der Waals surface area contributed by atoms with E-state index in [4.69, 9.17) is 0 Å². The molecule has 0 fully saturated rings.